The number of ether oxygens (including phenoxy) is 1. The zero-order chi connectivity index (χ0) is 19.2. The van der Waals surface area contributed by atoms with Crippen molar-refractivity contribution >= 4 is 16.8 Å². The van der Waals surface area contributed by atoms with E-state index in [0.29, 0.717) is 36.0 Å². The number of hydrogen-bond donors (Lipinski definition) is 2. The highest BCUT2D eigenvalue weighted by atomic mass is 16.5. The molecule has 0 aliphatic rings. The van der Waals surface area contributed by atoms with E-state index < -0.39 is 5.69 Å². The molecule has 0 atom stereocenters. The summed E-state index contributed by atoms with van der Waals surface area (Å²) in [5.74, 6) is -0.289. The van der Waals surface area contributed by atoms with Crippen LogP contribution in [0.5, 0.6) is 0 Å². The monoisotopic (exact) mass is 367 g/mol. The Balaban J connectivity index is 1.86. The molecule has 1 aromatic heterocycles. The fraction of sp³-hybridized carbons (Fsp3) is 0.250. The number of hydrogen-bond acceptors (Lipinski definition) is 4. The molecule has 0 aliphatic heterocycles. The zero-order valence-electron chi connectivity index (χ0n) is 15.0. The second-order valence-corrected chi connectivity index (χ2v) is 6.13. The van der Waals surface area contributed by atoms with Crippen LogP contribution in [0.3, 0.4) is 0 Å². The predicted octanol–water partition coefficient (Wildman–Crippen LogP) is 1.31. The van der Waals surface area contributed by atoms with Gasteiger partial charge in [0.2, 0.25) is 0 Å². The summed E-state index contributed by atoms with van der Waals surface area (Å²) in [5.41, 5.74) is 0.916. The molecule has 2 aromatic carbocycles. The van der Waals surface area contributed by atoms with Gasteiger partial charge in [-0.1, -0.05) is 30.3 Å². The van der Waals surface area contributed by atoms with Crippen molar-refractivity contribution in [3.05, 3.63) is 80.5 Å². The summed E-state index contributed by atoms with van der Waals surface area (Å²) < 4.78 is 6.08. The highest BCUT2D eigenvalue weighted by Crippen LogP contribution is 2.09. The van der Waals surface area contributed by atoms with E-state index in [1.54, 1.807) is 19.2 Å². The van der Waals surface area contributed by atoms with Gasteiger partial charge >= 0.3 is 5.69 Å². The number of amides is 1. The lowest BCUT2D eigenvalue weighted by Gasteiger charge is -2.08. The van der Waals surface area contributed by atoms with Gasteiger partial charge in [0.1, 0.15) is 0 Å². The summed E-state index contributed by atoms with van der Waals surface area (Å²) in [5, 5.41) is 3.08. The Morgan fingerprint density at radius 1 is 1.15 bits per heavy atom. The number of carbonyl (C=O) groups is 1. The van der Waals surface area contributed by atoms with Crippen molar-refractivity contribution in [1.82, 2.24) is 14.9 Å². The minimum Gasteiger partial charge on any atom is -0.383 e. The van der Waals surface area contributed by atoms with Crippen molar-refractivity contribution < 1.29 is 9.53 Å². The third-order valence-electron chi connectivity index (χ3n) is 4.30. The first-order valence-electron chi connectivity index (χ1n) is 8.68. The topological polar surface area (TPSA) is 93.2 Å². The molecule has 0 aliphatic carbocycles. The van der Waals surface area contributed by atoms with Crippen LogP contribution in [0.4, 0.5) is 0 Å². The van der Waals surface area contributed by atoms with E-state index in [4.69, 9.17) is 4.74 Å². The first-order valence-corrected chi connectivity index (χ1v) is 8.68. The van der Waals surface area contributed by atoms with Crippen LogP contribution in [0.15, 0.2) is 58.1 Å². The molecular weight excluding hydrogens is 346 g/mol. The van der Waals surface area contributed by atoms with Gasteiger partial charge in [0.25, 0.3) is 11.5 Å². The van der Waals surface area contributed by atoms with E-state index in [1.165, 1.54) is 10.6 Å². The van der Waals surface area contributed by atoms with Gasteiger partial charge < -0.3 is 15.0 Å². The van der Waals surface area contributed by atoms with Crippen molar-refractivity contribution in [2.45, 2.75) is 13.0 Å². The van der Waals surface area contributed by atoms with Crippen molar-refractivity contribution in [2.75, 3.05) is 20.3 Å². The number of H-pyrrole nitrogens is 1. The zero-order valence-corrected chi connectivity index (χ0v) is 15.0. The molecule has 0 bridgehead atoms. The number of carbonyl (C=O) groups excluding carboxylic acids is 1. The van der Waals surface area contributed by atoms with Gasteiger partial charge in [-0.3, -0.25) is 14.2 Å². The van der Waals surface area contributed by atoms with Crippen LogP contribution in [0.25, 0.3) is 10.9 Å². The van der Waals surface area contributed by atoms with Gasteiger partial charge in [0.05, 0.1) is 17.5 Å². The maximum absolute atomic E-state index is 12.7. The van der Waals surface area contributed by atoms with Crippen LogP contribution in [-0.2, 0) is 17.7 Å². The van der Waals surface area contributed by atoms with Gasteiger partial charge in [-0.25, -0.2) is 4.79 Å². The second kappa shape index (κ2) is 8.46. The Labute approximate surface area is 155 Å². The van der Waals surface area contributed by atoms with E-state index in [9.17, 15) is 14.4 Å². The van der Waals surface area contributed by atoms with Crippen LogP contribution >= 0.6 is 0 Å². The molecule has 0 fully saturated rings. The van der Waals surface area contributed by atoms with Crippen LogP contribution in [0.2, 0.25) is 0 Å². The Bertz CT molecular complexity index is 1050. The molecule has 3 aromatic rings. The summed E-state index contributed by atoms with van der Waals surface area (Å²) in [6.07, 6.45) is 0.579. The second-order valence-electron chi connectivity index (χ2n) is 6.13. The van der Waals surface area contributed by atoms with Crippen molar-refractivity contribution in [2.24, 2.45) is 0 Å². The summed E-state index contributed by atoms with van der Waals surface area (Å²) in [4.78, 5) is 39.9. The number of nitrogens with zero attached hydrogens (tertiary/aromatic N) is 1. The van der Waals surface area contributed by atoms with Crippen molar-refractivity contribution in [1.29, 1.82) is 0 Å². The summed E-state index contributed by atoms with van der Waals surface area (Å²) in [7, 11) is 1.55. The smallest absolute Gasteiger partial charge is 0.328 e. The molecule has 0 radical (unpaired) electrons. The fourth-order valence-corrected chi connectivity index (χ4v) is 2.85. The molecular formula is C20H21N3O4. The quantitative estimate of drug-likeness (QED) is 0.616. The number of rotatable bonds is 7. The number of aryl methyl sites for hydroxylation is 1. The minimum absolute atomic E-state index is 0.285. The van der Waals surface area contributed by atoms with E-state index in [-0.39, 0.29) is 18.0 Å². The van der Waals surface area contributed by atoms with E-state index >= 15 is 0 Å². The molecule has 7 nitrogen and oxygen atoms in total. The Morgan fingerprint density at radius 3 is 2.67 bits per heavy atom. The molecule has 7 heteroatoms. The lowest BCUT2D eigenvalue weighted by molar-refractivity contribution is 0.0937. The van der Waals surface area contributed by atoms with Gasteiger partial charge in [-0.2, -0.15) is 0 Å². The highest BCUT2D eigenvalue weighted by Gasteiger charge is 2.11. The van der Waals surface area contributed by atoms with Crippen molar-refractivity contribution in [3.63, 3.8) is 0 Å². The standard InChI is InChI=1S/C20H21N3O4/c1-27-12-10-21-18(24)15-7-8-16-17(13-15)22-20(26)23(19(16)25)11-9-14-5-3-2-4-6-14/h2-8,13H,9-12H2,1H3,(H,21,24)(H,22,26). The number of aromatic amines is 1. The summed E-state index contributed by atoms with van der Waals surface area (Å²) in [6, 6.07) is 14.3. The van der Waals surface area contributed by atoms with E-state index in [2.05, 4.69) is 10.3 Å². The molecule has 140 valence electrons. The van der Waals surface area contributed by atoms with Gasteiger partial charge in [-0.05, 0) is 30.2 Å². The number of fused-ring (bicyclic) bond motifs is 1. The van der Waals surface area contributed by atoms with Crippen LogP contribution in [-0.4, -0.2) is 35.7 Å². The molecule has 27 heavy (non-hydrogen) atoms. The van der Waals surface area contributed by atoms with Gasteiger partial charge in [0.15, 0.2) is 0 Å². The molecule has 0 saturated carbocycles. The van der Waals surface area contributed by atoms with Gasteiger partial charge in [0, 0.05) is 25.8 Å². The predicted molar refractivity (Wildman–Crippen MR) is 103 cm³/mol. The molecule has 0 saturated heterocycles. The Morgan fingerprint density at radius 2 is 1.93 bits per heavy atom. The normalized spacial score (nSPS) is 10.9. The minimum atomic E-state index is -0.486. The molecule has 1 amide bonds. The first kappa shape index (κ1) is 18.6. The summed E-state index contributed by atoms with van der Waals surface area (Å²) >= 11 is 0. The highest BCUT2D eigenvalue weighted by molar-refractivity contribution is 5.97. The number of nitrogens with one attached hydrogen (secondary N) is 2. The van der Waals surface area contributed by atoms with Crippen LogP contribution < -0.4 is 16.6 Å². The first-order chi connectivity index (χ1) is 13.1. The number of benzene rings is 2. The SMILES string of the molecule is COCCNC(=O)c1ccc2c(=O)n(CCc3ccccc3)c(=O)[nH]c2c1. The van der Waals surface area contributed by atoms with E-state index in [1.807, 2.05) is 30.3 Å². The number of methoxy groups -OCH3 is 1. The molecule has 1 heterocycles. The van der Waals surface area contributed by atoms with E-state index in [0.717, 1.165) is 5.56 Å². The third kappa shape index (κ3) is 4.32. The van der Waals surface area contributed by atoms with Crippen LogP contribution in [0, 0.1) is 0 Å². The largest absolute Gasteiger partial charge is 0.383 e. The third-order valence-corrected chi connectivity index (χ3v) is 4.30. The molecule has 0 unspecified atom stereocenters. The lowest BCUT2D eigenvalue weighted by Crippen LogP contribution is -2.35. The van der Waals surface area contributed by atoms with Crippen LogP contribution in [0.1, 0.15) is 15.9 Å². The van der Waals surface area contributed by atoms with Crippen molar-refractivity contribution in [3.8, 4) is 0 Å². The maximum atomic E-state index is 12.7. The maximum Gasteiger partial charge on any atom is 0.328 e. The summed E-state index contributed by atoms with van der Waals surface area (Å²) in [6.45, 7) is 1.07. The fourth-order valence-electron chi connectivity index (χ4n) is 2.85. The lowest BCUT2D eigenvalue weighted by atomic mass is 10.1. The number of aromatic nitrogens is 2. The Hall–Kier alpha value is -3.19. The average Bonchev–Trinajstić information content (AvgIpc) is 2.68. The molecule has 2 N–H and O–H groups in total. The molecule has 0 spiro atoms. The molecule has 3 rings (SSSR count). The average molecular weight is 367 g/mol. The Kier molecular flexibility index (Phi) is 5.83. The van der Waals surface area contributed by atoms with Gasteiger partial charge in [-0.15, -0.1) is 0 Å².